The highest BCUT2D eigenvalue weighted by Crippen LogP contribution is 1.99. The fraction of sp³-hybridized carbons (Fsp3) is 0.300. The van der Waals surface area contributed by atoms with Crippen molar-refractivity contribution in [1.82, 2.24) is 0 Å². The summed E-state index contributed by atoms with van der Waals surface area (Å²) in [6.45, 7) is 6.74. The van der Waals surface area contributed by atoms with Crippen LogP contribution in [0.2, 0.25) is 0 Å². The molecule has 0 unspecified atom stereocenters. The van der Waals surface area contributed by atoms with Gasteiger partial charge >= 0.3 is 5.97 Å². The van der Waals surface area contributed by atoms with E-state index in [-0.39, 0.29) is 18.8 Å². The minimum atomic E-state index is -0.510. The lowest BCUT2D eigenvalue weighted by molar-refractivity contribution is -0.138. The largest absolute Gasteiger partial charge is 0.458 e. The highest BCUT2D eigenvalue weighted by atomic mass is 16.5. The predicted molar refractivity (Wildman–Crippen MR) is 51.1 cm³/mol. The molecule has 1 N–H and O–H groups in total. The first-order valence-corrected chi connectivity index (χ1v) is 3.95. The van der Waals surface area contributed by atoms with E-state index in [2.05, 4.69) is 13.2 Å². The minimum Gasteiger partial charge on any atom is -0.458 e. The maximum Gasteiger partial charge on any atom is 0.336 e. The molecule has 0 aromatic carbocycles. The van der Waals surface area contributed by atoms with Crippen LogP contribution >= 0.6 is 0 Å². The molecule has 0 aliphatic carbocycles. The SMILES string of the molecule is C=CCC=C(CO)C(=O)OCC=C. The van der Waals surface area contributed by atoms with Gasteiger partial charge in [-0.1, -0.05) is 24.8 Å². The molecular formula is C10H14O3. The van der Waals surface area contributed by atoms with Gasteiger partial charge in [0.05, 0.1) is 12.2 Å². The Hall–Kier alpha value is -1.35. The molecule has 72 valence electrons. The van der Waals surface area contributed by atoms with Crippen molar-refractivity contribution in [2.45, 2.75) is 6.42 Å². The van der Waals surface area contributed by atoms with Crippen LogP contribution in [-0.2, 0) is 9.53 Å². The molecule has 0 atom stereocenters. The van der Waals surface area contributed by atoms with Gasteiger partial charge in [0.25, 0.3) is 0 Å². The van der Waals surface area contributed by atoms with Crippen molar-refractivity contribution in [3.63, 3.8) is 0 Å². The summed E-state index contributed by atoms with van der Waals surface area (Å²) in [5, 5.41) is 8.79. The summed E-state index contributed by atoms with van der Waals surface area (Å²) in [6.07, 6.45) is 5.23. The van der Waals surface area contributed by atoms with Crippen LogP contribution in [0.25, 0.3) is 0 Å². The second-order valence-electron chi connectivity index (χ2n) is 2.30. The molecule has 0 heterocycles. The molecule has 13 heavy (non-hydrogen) atoms. The lowest BCUT2D eigenvalue weighted by Crippen LogP contribution is -2.10. The quantitative estimate of drug-likeness (QED) is 0.381. The number of carbonyl (C=O) groups is 1. The predicted octanol–water partition coefficient (Wildman–Crippen LogP) is 1.21. The maximum absolute atomic E-state index is 11.1. The Morgan fingerprint density at radius 3 is 2.54 bits per heavy atom. The molecule has 0 aliphatic heterocycles. The van der Waals surface area contributed by atoms with Gasteiger partial charge in [-0.05, 0) is 6.42 Å². The monoisotopic (exact) mass is 182 g/mol. The number of aliphatic hydroxyl groups excluding tert-OH is 1. The molecule has 0 bridgehead atoms. The number of allylic oxidation sites excluding steroid dienone is 2. The first-order chi connectivity index (χ1) is 6.26. The van der Waals surface area contributed by atoms with Crippen molar-refractivity contribution in [1.29, 1.82) is 0 Å². The molecule has 3 heteroatoms. The summed E-state index contributed by atoms with van der Waals surface area (Å²) in [5.74, 6) is -0.510. The van der Waals surface area contributed by atoms with Crippen molar-refractivity contribution >= 4 is 5.97 Å². The normalized spacial score (nSPS) is 10.7. The van der Waals surface area contributed by atoms with Crippen LogP contribution in [0.5, 0.6) is 0 Å². The summed E-state index contributed by atoms with van der Waals surface area (Å²) in [4.78, 5) is 11.1. The van der Waals surface area contributed by atoms with Gasteiger partial charge in [0.15, 0.2) is 0 Å². The van der Waals surface area contributed by atoms with Crippen LogP contribution in [0.1, 0.15) is 6.42 Å². The molecule has 0 aromatic rings. The van der Waals surface area contributed by atoms with Crippen molar-refractivity contribution in [3.05, 3.63) is 37.0 Å². The molecule has 0 amide bonds. The van der Waals surface area contributed by atoms with Crippen LogP contribution in [-0.4, -0.2) is 24.3 Å². The van der Waals surface area contributed by atoms with Crippen molar-refractivity contribution in [3.8, 4) is 0 Å². The Morgan fingerprint density at radius 2 is 2.08 bits per heavy atom. The van der Waals surface area contributed by atoms with Crippen LogP contribution < -0.4 is 0 Å². The Balaban J connectivity index is 4.13. The van der Waals surface area contributed by atoms with E-state index in [0.717, 1.165) is 0 Å². The van der Waals surface area contributed by atoms with E-state index < -0.39 is 5.97 Å². The van der Waals surface area contributed by atoms with E-state index in [0.29, 0.717) is 6.42 Å². The zero-order chi connectivity index (χ0) is 10.1. The summed E-state index contributed by atoms with van der Waals surface area (Å²) in [5.41, 5.74) is 0.252. The number of hydrogen-bond acceptors (Lipinski definition) is 3. The summed E-state index contributed by atoms with van der Waals surface area (Å²) in [7, 11) is 0. The standard InChI is InChI=1S/C10H14O3/c1-3-5-6-9(8-11)10(12)13-7-4-2/h3-4,6,11H,1-2,5,7-8H2. The van der Waals surface area contributed by atoms with E-state index in [1.165, 1.54) is 6.08 Å². The van der Waals surface area contributed by atoms with E-state index in [4.69, 9.17) is 9.84 Å². The molecule has 0 saturated heterocycles. The first kappa shape index (κ1) is 11.6. The lowest BCUT2D eigenvalue weighted by Gasteiger charge is -2.02. The molecule has 0 radical (unpaired) electrons. The molecule has 0 saturated carbocycles. The molecule has 3 nitrogen and oxygen atoms in total. The number of ether oxygens (including phenoxy) is 1. The van der Waals surface area contributed by atoms with E-state index >= 15 is 0 Å². The minimum absolute atomic E-state index is 0.157. The lowest BCUT2D eigenvalue weighted by atomic mass is 10.2. The van der Waals surface area contributed by atoms with Crippen LogP contribution in [0.15, 0.2) is 37.0 Å². The second kappa shape index (κ2) is 7.31. The maximum atomic E-state index is 11.1. The fourth-order valence-electron chi connectivity index (χ4n) is 0.665. The first-order valence-electron chi connectivity index (χ1n) is 3.95. The molecule has 0 aliphatic rings. The zero-order valence-corrected chi connectivity index (χ0v) is 7.53. The van der Waals surface area contributed by atoms with Gasteiger partial charge in [-0.15, -0.1) is 6.58 Å². The third-order valence-corrected chi connectivity index (χ3v) is 1.30. The zero-order valence-electron chi connectivity index (χ0n) is 7.53. The van der Waals surface area contributed by atoms with Gasteiger partial charge in [0, 0.05) is 0 Å². The molecule has 0 aromatic heterocycles. The number of carbonyl (C=O) groups excluding carboxylic acids is 1. The Labute approximate surface area is 78.0 Å². The highest BCUT2D eigenvalue weighted by Gasteiger charge is 2.07. The number of esters is 1. The average Bonchev–Trinajstić information content (AvgIpc) is 2.16. The molecule has 0 rings (SSSR count). The van der Waals surface area contributed by atoms with Gasteiger partial charge in [-0.2, -0.15) is 0 Å². The van der Waals surface area contributed by atoms with Crippen LogP contribution in [0.3, 0.4) is 0 Å². The third-order valence-electron chi connectivity index (χ3n) is 1.30. The van der Waals surface area contributed by atoms with Gasteiger partial charge in [0.1, 0.15) is 6.61 Å². The molecule has 0 spiro atoms. The van der Waals surface area contributed by atoms with Gasteiger partial charge in [0.2, 0.25) is 0 Å². The molecule has 0 fully saturated rings. The number of rotatable bonds is 6. The smallest absolute Gasteiger partial charge is 0.336 e. The number of hydrogen-bond donors (Lipinski definition) is 1. The summed E-state index contributed by atoms with van der Waals surface area (Å²) >= 11 is 0. The fourth-order valence-corrected chi connectivity index (χ4v) is 0.665. The Bertz CT molecular complexity index is 216. The third kappa shape index (κ3) is 4.98. The average molecular weight is 182 g/mol. The number of aliphatic hydroxyl groups is 1. The van der Waals surface area contributed by atoms with E-state index in [9.17, 15) is 4.79 Å². The van der Waals surface area contributed by atoms with Crippen LogP contribution in [0.4, 0.5) is 0 Å². The van der Waals surface area contributed by atoms with Gasteiger partial charge in [-0.3, -0.25) is 0 Å². The van der Waals surface area contributed by atoms with Crippen molar-refractivity contribution in [2.24, 2.45) is 0 Å². The van der Waals surface area contributed by atoms with Crippen molar-refractivity contribution in [2.75, 3.05) is 13.2 Å². The van der Waals surface area contributed by atoms with Crippen molar-refractivity contribution < 1.29 is 14.6 Å². The highest BCUT2D eigenvalue weighted by molar-refractivity contribution is 5.88. The Kier molecular flexibility index (Phi) is 6.55. The van der Waals surface area contributed by atoms with Gasteiger partial charge in [-0.25, -0.2) is 4.79 Å². The van der Waals surface area contributed by atoms with Crippen LogP contribution in [0, 0.1) is 0 Å². The summed E-state index contributed by atoms with van der Waals surface area (Å²) < 4.78 is 4.72. The van der Waals surface area contributed by atoms with E-state index in [1.54, 1.807) is 12.2 Å². The second-order valence-corrected chi connectivity index (χ2v) is 2.30. The molecular weight excluding hydrogens is 168 g/mol. The topological polar surface area (TPSA) is 46.5 Å². The van der Waals surface area contributed by atoms with Gasteiger partial charge < -0.3 is 9.84 Å². The van der Waals surface area contributed by atoms with E-state index in [1.807, 2.05) is 0 Å². The Morgan fingerprint density at radius 1 is 1.38 bits per heavy atom. The summed E-state index contributed by atoms with van der Waals surface area (Å²) in [6, 6.07) is 0.